The number of aryl methyl sites for hydroxylation is 1. The molecule has 0 heterocycles. The van der Waals surface area contributed by atoms with E-state index in [1.807, 2.05) is 25.1 Å². The van der Waals surface area contributed by atoms with Gasteiger partial charge in [-0.05, 0) is 42.7 Å². The van der Waals surface area contributed by atoms with Gasteiger partial charge in [0.1, 0.15) is 5.75 Å². The van der Waals surface area contributed by atoms with Gasteiger partial charge in [-0.2, -0.15) is 5.26 Å². The Morgan fingerprint density at radius 1 is 1.19 bits per heavy atom. The molecule has 108 valence electrons. The van der Waals surface area contributed by atoms with Crippen LogP contribution < -0.4 is 4.74 Å². The smallest absolute Gasteiger partial charge is 0.122 e. The van der Waals surface area contributed by atoms with Gasteiger partial charge in [-0.3, -0.25) is 0 Å². The Labute approximate surface area is 134 Å². The van der Waals surface area contributed by atoms with Crippen molar-refractivity contribution in [2.45, 2.75) is 19.3 Å². The standard InChI is InChI=1S/C17H15Cl2NO/c1-11-3-6-17(21-2)12(7-11)8-13(10-20)15-5-4-14(18)9-16(15)19/h3-7,9,13H,8H2,1-2H3. The van der Waals surface area contributed by atoms with Gasteiger partial charge in [0, 0.05) is 10.0 Å². The fraction of sp³-hybridized carbons (Fsp3) is 0.235. The molecule has 21 heavy (non-hydrogen) atoms. The average Bonchev–Trinajstić information content (AvgIpc) is 2.45. The van der Waals surface area contributed by atoms with Crippen molar-refractivity contribution in [2.75, 3.05) is 7.11 Å². The van der Waals surface area contributed by atoms with Crippen LogP contribution in [-0.2, 0) is 6.42 Å². The number of ether oxygens (including phenoxy) is 1. The lowest BCUT2D eigenvalue weighted by molar-refractivity contribution is 0.409. The van der Waals surface area contributed by atoms with Crippen molar-refractivity contribution >= 4 is 23.2 Å². The second-order valence-corrected chi connectivity index (χ2v) is 5.71. The zero-order valence-electron chi connectivity index (χ0n) is 11.9. The topological polar surface area (TPSA) is 33.0 Å². The number of nitriles is 1. The van der Waals surface area contributed by atoms with Crippen LogP contribution >= 0.6 is 23.2 Å². The van der Waals surface area contributed by atoms with Gasteiger partial charge in [-0.25, -0.2) is 0 Å². The first-order chi connectivity index (χ1) is 10.0. The number of benzene rings is 2. The summed E-state index contributed by atoms with van der Waals surface area (Å²) in [5.74, 6) is 0.441. The molecule has 0 aliphatic rings. The Bertz CT molecular complexity index is 692. The molecule has 0 aliphatic carbocycles. The van der Waals surface area contributed by atoms with E-state index in [4.69, 9.17) is 27.9 Å². The van der Waals surface area contributed by atoms with Crippen LogP contribution in [0.15, 0.2) is 36.4 Å². The molecule has 0 radical (unpaired) electrons. The Kier molecular flexibility index (Phi) is 5.12. The fourth-order valence-electron chi connectivity index (χ4n) is 2.30. The SMILES string of the molecule is COc1ccc(C)cc1CC(C#N)c1ccc(Cl)cc1Cl. The molecule has 4 heteroatoms. The van der Waals surface area contributed by atoms with Crippen molar-refractivity contribution in [1.82, 2.24) is 0 Å². The zero-order valence-corrected chi connectivity index (χ0v) is 13.4. The Hall–Kier alpha value is -1.69. The fourth-order valence-corrected chi connectivity index (χ4v) is 2.84. The van der Waals surface area contributed by atoms with E-state index >= 15 is 0 Å². The molecule has 1 atom stereocenters. The zero-order chi connectivity index (χ0) is 15.4. The van der Waals surface area contributed by atoms with E-state index in [9.17, 15) is 5.26 Å². The number of nitrogens with zero attached hydrogens (tertiary/aromatic N) is 1. The summed E-state index contributed by atoms with van der Waals surface area (Å²) in [6, 6.07) is 13.5. The molecule has 0 saturated carbocycles. The molecular weight excluding hydrogens is 305 g/mol. The van der Waals surface area contributed by atoms with Gasteiger partial charge in [0.2, 0.25) is 0 Å². The van der Waals surface area contributed by atoms with Crippen molar-refractivity contribution in [3.05, 3.63) is 63.1 Å². The molecule has 0 aromatic heterocycles. The number of halogens is 2. The van der Waals surface area contributed by atoms with Gasteiger partial charge in [-0.1, -0.05) is 47.0 Å². The molecule has 0 amide bonds. The summed E-state index contributed by atoms with van der Waals surface area (Å²) in [6.45, 7) is 2.01. The third-order valence-electron chi connectivity index (χ3n) is 3.35. The second kappa shape index (κ2) is 6.85. The van der Waals surface area contributed by atoms with E-state index in [2.05, 4.69) is 6.07 Å². The van der Waals surface area contributed by atoms with Gasteiger partial charge >= 0.3 is 0 Å². The maximum atomic E-state index is 9.48. The molecule has 0 spiro atoms. The van der Waals surface area contributed by atoms with Crippen LogP contribution in [0.3, 0.4) is 0 Å². The summed E-state index contributed by atoms with van der Waals surface area (Å²) in [4.78, 5) is 0. The van der Waals surface area contributed by atoms with Gasteiger partial charge in [0.05, 0.1) is 19.1 Å². The van der Waals surface area contributed by atoms with Crippen LogP contribution in [0.1, 0.15) is 22.6 Å². The van der Waals surface area contributed by atoms with E-state index in [1.165, 1.54) is 0 Å². The lowest BCUT2D eigenvalue weighted by Gasteiger charge is -2.15. The van der Waals surface area contributed by atoms with Gasteiger partial charge in [0.25, 0.3) is 0 Å². The molecule has 0 aliphatic heterocycles. The second-order valence-electron chi connectivity index (χ2n) is 4.87. The number of methoxy groups -OCH3 is 1. The van der Waals surface area contributed by atoms with Gasteiger partial charge in [0.15, 0.2) is 0 Å². The summed E-state index contributed by atoms with van der Waals surface area (Å²) in [5.41, 5.74) is 2.91. The minimum absolute atomic E-state index is 0.342. The average molecular weight is 320 g/mol. The number of hydrogen-bond donors (Lipinski definition) is 0. The predicted octanol–water partition coefficient (Wildman–Crippen LogP) is 5.16. The molecular formula is C17H15Cl2NO. The summed E-state index contributed by atoms with van der Waals surface area (Å²) in [6.07, 6.45) is 0.544. The predicted molar refractivity (Wildman–Crippen MR) is 86.3 cm³/mol. The highest BCUT2D eigenvalue weighted by Crippen LogP contribution is 2.32. The van der Waals surface area contributed by atoms with E-state index in [0.717, 1.165) is 22.4 Å². The quantitative estimate of drug-likeness (QED) is 0.779. The van der Waals surface area contributed by atoms with Crippen molar-refractivity contribution in [1.29, 1.82) is 5.26 Å². The maximum Gasteiger partial charge on any atom is 0.122 e. The highest BCUT2D eigenvalue weighted by molar-refractivity contribution is 6.35. The Balaban J connectivity index is 2.36. The largest absolute Gasteiger partial charge is 0.496 e. The van der Waals surface area contributed by atoms with E-state index in [1.54, 1.807) is 25.3 Å². The van der Waals surface area contributed by atoms with Gasteiger partial charge < -0.3 is 4.74 Å². The highest BCUT2D eigenvalue weighted by Gasteiger charge is 2.17. The van der Waals surface area contributed by atoms with Crippen LogP contribution in [0.5, 0.6) is 5.75 Å². The molecule has 1 unspecified atom stereocenters. The van der Waals surface area contributed by atoms with E-state index in [-0.39, 0.29) is 5.92 Å². The van der Waals surface area contributed by atoms with Crippen LogP contribution in [0, 0.1) is 18.3 Å². The molecule has 0 fully saturated rings. The Morgan fingerprint density at radius 3 is 2.57 bits per heavy atom. The van der Waals surface area contributed by atoms with Crippen molar-refractivity contribution in [2.24, 2.45) is 0 Å². The maximum absolute atomic E-state index is 9.48. The van der Waals surface area contributed by atoms with Crippen molar-refractivity contribution in [3.8, 4) is 11.8 Å². The van der Waals surface area contributed by atoms with Crippen LogP contribution in [-0.4, -0.2) is 7.11 Å². The molecule has 0 N–H and O–H groups in total. The minimum atomic E-state index is -0.342. The van der Waals surface area contributed by atoms with Crippen LogP contribution in [0.4, 0.5) is 0 Å². The molecule has 0 saturated heterocycles. The lowest BCUT2D eigenvalue weighted by Crippen LogP contribution is -2.03. The number of hydrogen-bond acceptors (Lipinski definition) is 2. The monoisotopic (exact) mass is 319 g/mol. The lowest BCUT2D eigenvalue weighted by atomic mass is 9.92. The third-order valence-corrected chi connectivity index (χ3v) is 3.92. The Morgan fingerprint density at radius 2 is 1.95 bits per heavy atom. The first-order valence-corrected chi connectivity index (χ1v) is 7.29. The highest BCUT2D eigenvalue weighted by atomic mass is 35.5. The summed E-state index contributed by atoms with van der Waals surface area (Å²) in [7, 11) is 1.63. The number of rotatable bonds is 4. The van der Waals surface area contributed by atoms with E-state index < -0.39 is 0 Å². The first kappa shape index (κ1) is 15.7. The molecule has 2 rings (SSSR count). The normalized spacial score (nSPS) is 11.8. The van der Waals surface area contributed by atoms with Gasteiger partial charge in [-0.15, -0.1) is 0 Å². The van der Waals surface area contributed by atoms with Crippen LogP contribution in [0.25, 0.3) is 0 Å². The summed E-state index contributed by atoms with van der Waals surface area (Å²) >= 11 is 12.1. The molecule has 0 bridgehead atoms. The first-order valence-electron chi connectivity index (χ1n) is 6.53. The molecule has 2 aromatic rings. The molecule has 2 aromatic carbocycles. The summed E-state index contributed by atoms with van der Waals surface area (Å²) < 4.78 is 5.37. The minimum Gasteiger partial charge on any atom is -0.496 e. The van der Waals surface area contributed by atoms with Crippen molar-refractivity contribution < 1.29 is 4.74 Å². The summed E-state index contributed by atoms with van der Waals surface area (Å²) in [5, 5.41) is 10.6. The van der Waals surface area contributed by atoms with Crippen LogP contribution in [0.2, 0.25) is 10.0 Å². The van der Waals surface area contributed by atoms with Crippen molar-refractivity contribution in [3.63, 3.8) is 0 Å². The molecule has 2 nitrogen and oxygen atoms in total. The van der Waals surface area contributed by atoms with E-state index in [0.29, 0.717) is 16.5 Å². The third kappa shape index (κ3) is 3.69.